The first-order valence-corrected chi connectivity index (χ1v) is 8.18. The van der Waals surface area contributed by atoms with E-state index in [0.717, 1.165) is 30.0 Å². The highest BCUT2D eigenvalue weighted by Gasteiger charge is 2.35. The van der Waals surface area contributed by atoms with E-state index in [0.29, 0.717) is 12.6 Å². The maximum absolute atomic E-state index is 12.9. The van der Waals surface area contributed by atoms with E-state index in [9.17, 15) is 4.79 Å². The van der Waals surface area contributed by atoms with Crippen molar-refractivity contribution in [2.45, 2.75) is 51.2 Å². The molecule has 2 fully saturated rings. The number of likely N-dealkylation sites (tertiary alicyclic amines) is 1. The number of amides is 1. The van der Waals surface area contributed by atoms with Gasteiger partial charge >= 0.3 is 0 Å². The topological polar surface area (TPSA) is 29.5 Å². The molecule has 2 aliphatic rings. The van der Waals surface area contributed by atoms with Gasteiger partial charge in [-0.15, -0.1) is 0 Å². The molecule has 1 saturated heterocycles. The van der Waals surface area contributed by atoms with Gasteiger partial charge in [0.05, 0.1) is 6.61 Å². The van der Waals surface area contributed by atoms with Gasteiger partial charge in [0.25, 0.3) is 5.91 Å². The Morgan fingerprint density at radius 2 is 2.05 bits per heavy atom. The highest BCUT2D eigenvalue weighted by atomic mass is 16.5. The van der Waals surface area contributed by atoms with Crippen molar-refractivity contribution >= 4 is 5.91 Å². The number of carbonyl (C=O) groups excluding carboxylic acids is 1. The first-order chi connectivity index (χ1) is 10.3. The van der Waals surface area contributed by atoms with Crippen LogP contribution in [-0.4, -0.2) is 30.5 Å². The van der Waals surface area contributed by atoms with Crippen molar-refractivity contribution in [3.05, 3.63) is 35.4 Å². The summed E-state index contributed by atoms with van der Waals surface area (Å²) in [4.78, 5) is 15.0. The molecule has 3 nitrogen and oxygen atoms in total. The van der Waals surface area contributed by atoms with Crippen molar-refractivity contribution in [3.63, 3.8) is 0 Å². The van der Waals surface area contributed by atoms with Crippen LogP contribution in [0, 0.1) is 5.92 Å². The number of benzene rings is 1. The molecule has 0 bridgehead atoms. The molecular weight excluding hydrogens is 262 g/mol. The van der Waals surface area contributed by atoms with E-state index >= 15 is 0 Å². The molecular formula is C18H25NO2. The quantitative estimate of drug-likeness (QED) is 0.849. The molecule has 2 unspecified atom stereocenters. The van der Waals surface area contributed by atoms with Gasteiger partial charge < -0.3 is 9.64 Å². The molecule has 3 rings (SSSR count). The molecule has 1 heterocycles. The number of ether oxygens (including phenoxy) is 1. The lowest BCUT2D eigenvalue weighted by Gasteiger charge is -2.44. The van der Waals surface area contributed by atoms with Crippen molar-refractivity contribution in [3.8, 4) is 0 Å². The highest BCUT2D eigenvalue weighted by Crippen LogP contribution is 2.35. The lowest BCUT2D eigenvalue weighted by molar-refractivity contribution is 0.0390. The van der Waals surface area contributed by atoms with E-state index in [-0.39, 0.29) is 5.91 Å². The van der Waals surface area contributed by atoms with Gasteiger partial charge in [-0.2, -0.15) is 0 Å². The summed E-state index contributed by atoms with van der Waals surface area (Å²) in [5, 5.41) is 0. The van der Waals surface area contributed by atoms with Crippen LogP contribution in [0.4, 0.5) is 0 Å². The fourth-order valence-corrected chi connectivity index (χ4v) is 4.00. The Morgan fingerprint density at radius 3 is 2.90 bits per heavy atom. The van der Waals surface area contributed by atoms with Crippen molar-refractivity contribution < 1.29 is 9.53 Å². The van der Waals surface area contributed by atoms with E-state index in [1.807, 2.05) is 24.3 Å². The normalized spacial score (nSPS) is 25.5. The Hall–Kier alpha value is -1.35. The van der Waals surface area contributed by atoms with Gasteiger partial charge in [0.2, 0.25) is 0 Å². The molecule has 1 aliphatic heterocycles. The zero-order valence-corrected chi connectivity index (χ0v) is 12.9. The van der Waals surface area contributed by atoms with Crippen LogP contribution in [0.5, 0.6) is 0 Å². The number of carbonyl (C=O) groups is 1. The molecule has 3 heteroatoms. The Bertz CT molecular complexity index is 498. The summed E-state index contributed by atoms with van der Waals surface area (Å²) in [6.45, 7) is 1.49. The Kier molecular flexibility index (Phi) is 4.59. The lowest BCUT2D eigenvalue weighted by Crippen LogP contribution is -2.49. The second kappa shape index (κ2) is 6.61. The summed E-state index contributed by atoms with van der Waals surface area (Å²) in [7, 11) is 1.69. The van der Waals surface area contributed by atoms with Crippen LogP contribution >= 0.6 is 0 Å². The Labute approximate surface area is 127 Å². The zero-order chi connectivity index (χ0) is 14.7. The average Bonchev–Trinajstić information content (AvgIpc) is 2.54. The second-order valence-electron chi connectivity index (χ2n) is 6.39. The highest BCUT2D eigenvalue weighted by molar-refractivity contribution is 5.94. The maximum atomic E-state index is 12.9. The number of rotatable bonds is 3. The minimum Gasteiger partial charge on any atom is -0.380 e. The fraction of sp³-hybridized carbons (Fsp3) is 0.611. The zero-order valence-electron chi connectivity index (χ0n) is 12.9. The molecule has 1 aromatic rings. The molecule has 0 spiro atoms. The summed E-state index contributed by atoms with van der Waals surface area (Å²) < 4.78 is 5.17. The largest absolute Gasteiger partial charge is 0.380 e. The van der Waals surface area contributed by atoms with Gasteiger partial charge in [-0.25, -0.2) is 0 Å². The molecule has 1 aromatic carbocycles. The smallest absolute Gasteiger partial charge is 0.254 e. The molecule has 1 aliphatic carbocycles. The molecule has 114 valence electrons. The van der Waals surface area contributed by atoms with E-state index in [4.69, 9.17) is 4.74 Å². The van der Waals surface area contributed by atoms with Gasteiger partial charge in [-0.05, 0) is 49.3 Å². The van der Waals surface area contributed by atoms with Crippen molar-refractivity contribution in [2.75, 3.05) is 13.7 Å². The third-order valence-corrected chi connectivity index (χ3v) is 4.99. The second-order valence-corrected chi connectivity index (χ2v) is 6.39. The summed E-state index contributed by atoms with van der Waals surface area (Å²) >= 11 is 0. The first-order valence-electron chi connectivity index (χ1n) is 8.18. The predicted molar refractivity (Wildman–Crippen MR) is 83.2 cm³/mol. The number of fused-ring (bicyclic) bond motifs is 1. The number of hydrogen-bond acceptors (Lipinski definition) is 2. The molecule has 0 aromatic heterocycles. The number of nitrogens with zero attached hydrogens (tertiary/aromatic N) is 1. The predicted octanol–water partition coefficient (Wildman–Crippen LogP) is 3.63. The Balaban J connectivity index is 1.78. The van der Waals surface area contributed by atoms with Crippen LogP contribution in [0.1, 0.15) is 54.4 Å². The number of piperidine rings is 1. The van der Waals surface area contributed by atoms with Crippen LogP contribution < -0.4 is 0 Å². The molecule has 0 radical (unpaired) electrons. The Morgan fingerprint density at radius 1 is 1.24 bits per heavy atom. The van der Waals surface area contributed by atoms with E-state index in [1.165, 1.54) is 32.1 Å². The average molecular weight is 287 g/mol. The van der Waals surface area contributed by atoms with Gasteiger partial charge in [0.15, 0.2) is 0 Å². The molecule has 1 saturated carbocycles. The molecule has 2 atom stereocenters. The van der Waals surface area contributed by atoms with Crippen molar-refractivity contribution in [1.82, 2.24) is 4.90 Å². The molecule has 0 N–H and O–H groups in total. The van der Waals surface area contributed by atoms with Gasteiger partial charge in [0, 0.05) is 25.3 Å². The van der Waals surface area contributed by atoms with Crippen LogP contribution in [0.25, 0.3) is 0 Å². The van der Waals surface area contributed by atoms with Crippen LogP contribution in [0.3, 0.4) is 0 Å². The first kappa shape index (κ1) is 14.6. The lowest BCUT2D eigenvalue weighted by atomic mass is 9.78. The number of hydrogen-bond donors (Lipinski definition) is 0. The standard InChI is InChI=1S/C18H25NO2/c1-21-13-14-6-4-8-16(12-14)18(20)19-11-5-9-15-7-2-3-10-17(15)19/h4,6,8,12,15,17H,2-3,5,7,9-11,13H2,1H3. The third-order valence-electron chi connectivity index (χ3n) is 4.99. The minimum absolute atomic E-state index is 0.213. The van der Waals surface area contributed by atoms with Gasteiger partial charge in [-0.3, -0.25) is 4.79 Å². The van der Waals surface area contributed by atoms with E-state index in [2.05, 4.69) is 4.90 Å². The van der Waals surface area contributed by atoms with Crippen molar-refractivity contribution in [1.29, 1.82) is 0 Å². The number of methoxy groups -OCH3 is 1. The summed E-state index contributed by atoms with van der Waals surface area (Å²) in [5.41, 5.74) is 1.89. The minimum atomic E-state index is 0.213. The SMILES string of the molecule is COCc1cccc(C(=O)N2CCCC3CCCCC32)c1. The summed E-state index contributed by atoms with van der Waals surface area (Å²) in [6, 6.07) is 8.38. The van der Waals surface area contributed by atoms with Crippen molar-refractivity contribution in [2.24, 2.45) is 5.92 Å². The van der Waals surface area contributed by atoms with Crippen LogP contribution in [0.2, 0.25) is 0 Å². The van der Waals surface area contributed by atoms with Gasteiger partial charge in [0.1, 0.15) is 0 Å². The maximum Gasteiger partial charge on any atom is 0.254 e. The van der Waals surface area contributed by atoms with Crippen LogP contribution in [0.15, 0.2) is 24.3 Å². The monoisotopic (exact) mass is 287 g/mol. The summed E-state index contributed by atoms with van der Waals surface area (Å²) in [6.07, 6.45) is 7.57. The summed E-state index contributed by atoms with van der Waals surface area (Å²) in [5.74, 6) is 0.947. The third kappa shape index (κ3) is 3.13. The van der Waals surface area contributed by atoms with E-state index < -0.39 is 0 Å². The fourth-order valence-electron chi connectivity index (χ4n) is 4.00. The van der Waals surface area contributed by atoms with Crippen LogP contribution in [-0.2, 0) is 11.3 Å². The van der Waals surface area contributed by atoms with E-state index in [1.54, 1.807) is 7.11 Å². The molecule has 21 heavy (non-hydrogen) atoms. The molecule has 1 amide bonds. The van der Waals surface area contributed by atoms with Gasteiger partial charge in [-0.1, -0.05) is 25.0 Å².